The second kappa shape index (κ2) is 7.28. The molecule has 3 aromatic rings. The molecule has 144 valence electrons. The maximum atomic E-state index is 12.9. The Labute approximate surface area is 158 Å². The highest BCUT2D eigenvalue weighted by atomic mass is 32.2. The average molecular weight is 389 g/mol. The molecule has 0 spiro atoms. The van der Waals surface area contributed by atoms with Crippen molar-refractivity contribution in [2.75, 3.05) is 19.7 Å². The van der Waals surface area contributed by atoms with Gasteiger partial charge in [-0.2, -0.15) is 4.31 Å². The fourth-order valence-electron chi connectivity index (χ4n) is 3.32. The number of sulfonamides is 1. The van der Waals surface area contributed by atoms with Crippen molar-refractivity contribution in [2.45, 2.75) is 32.6 Å². The molecule has 0 aliphatic carbocycles. The van der Waals surface area contributed by atoms with Gasteiger partial charge in [-0.1, -0.05) is 13.8 Å². The van der Waals surface area contributed by atoms with E-state index in [-0.39, 0.29) is 17.2 Å². The SMILES string of the molecule is CCOC(=O)c1ncc2[nH]c3ccc(S(=O)(=O)N(CC)CC)cc3c2c1C. The number of fused-ring (bicyclic) bond motifs is 3. The monoisotopic (exact) mass is 389 g/mol. The summed E-state index contributed by atoms with van der Waals surface area (Å²) in [6.45, 7) is 8.22. The number of aromatic nitrogens is 2. The minimum absolute atomic E-state index is 0.230. The number of aromatic amines is 1. The summed E-state index contributed by atoms with van der Waals surface area (Å²) in [5, 5.41) is 1.52. The number of aryl methyl sites for hydroxylation is 1. The van der Waals surface area contributed by atoms with E-state index in [1.54, 1.807) is 38.2 Å². The largest absolute Gasteiger partial charge is 0.461 e. The predicted molar refractivity (Wildman–Crippen MR) is 104 cm³/mol. The normalized spacial score (nSPS) is 12.2. The molecule has 7 nitrogen and oxygen atoms in total. The minimum atomic E-state index is -3.57. The van der Waals surface area contributed by atoms with Crippen LogP contribution in [0.5, 0.6) is 0 Å². The molecule has 2 heterocycles. The maximum absolute atomic E-state index is 12.9. The van der Waals surface area contributed by atoms with Gasteiger partial charge < -0.3 is 9.72 Å². The number of carbonyl (C=O) groups is 1. The van der Waals surface area contributed by atoms with Crippen molar-refractivity contribution in [2.24, 2.45) is 0 Å². The summed E-state index contributed by atoms with van der Waals surface area (Å²) in [6, 6.07) is 5.00. The molecule has 0 radical (unpaired) electrons. The molecule has 1 N–H and O–H groups in total. The van der Waals surface area contributed by atoms with Crippen LogP contribution in [0.4, 0.5) is 0 Å². The van der Waals surface area contributed by atoms with Gasteiger partial charge in [0.25, 0.3) is 0 Å². The molecule has 0 saturated carbocycles. The minimum Gasteiger partial charge on any atom is -0.461 e. The van der Waals surface area contributed by atoms with Gasteiger partial charge in [0.15, 0.2) is 5.69 Å². The number of pyridine rings is 1. The second-order valence-electron chi connectivity index (χ2n) is 6.16. The summed E-state index contributed by atoms with van der Waals surface area (Å²) in [4.78, 5) is 19.8. The van der Waals surface area contributed by atoms with Crippen LogP contribution in [-0.2, 0) is 14.8 Å². The molecule has 3 rings (SSSR count). The van der Waals surface area contributed by atoms with Gasteiger partial charge in [0.2, 0.25) is 10.0 Å². The van der Waals surface area contributed by atoms with Crippen LogP contribution in [-0.4, -0.2) is 48.4 Å². The van der Waals surface area contributed by atoms with Crippen molar-refractivity contribution in [3.63, 3.8) is 0 Å². The standard InChI is InChI=1S/C19H23N3O4S/c1-5-22(6-2)27(24,25)13-8-9-15-14(10-13)17-12(4)18(19(23)26-7-3)20-11-16(17)21-15/h8-11,21H,5-7H2,1-4H3. The first kappa shape index (κ1) is 19.3. The molecule has 0 aliphatic heterocycles. The van der Waals surface area contributed by atoms with Gasteiger partial charge in [0.05, 0.1) is 23.2 Å². The molecule has 0 aliphatic rings. The third-order valence-electron chi connectivity index (χ3n) is 4.66. The van der Waals surface area contributed by atoms with Gasteiger partial charge >= 0.3 is 5.97 Å². The van der Waals surface area contributed by atoms with Crippen molar-refractivity contribution < 1.29 is 17.9 Å². The van der Waals surface area contributed by atoms with E-state index in [9.17, 15) is 13.2 Å². The lowest BCUT2D eigenvalue weighted by atomic mass is 10.1. The quantitative estimate of drug-likeness (QED) is 0.654. The number of hydrogen-bond acceptors (Lipinski definition) is 5. The molecule has 0 atom stereocenters. The Balaban J connectivity index is 2.25. The van der Waals surface area contributed by atoms with Crippen LogP contribution < -0.4 is 0 Å². The van der Waals surface area contributed by atoms with Gasteiger partial charge in [-0.15, -0.1) is 0 Å². The summed E-state index contributed by atoms with van der Waals surface area (Å²) in [5.74, 6) is -0.488. The number of ether oxygens (including phenoxy) is 1. The maximum Gasteiger partial charge on any atom is 0.357 e. The Morgan fingerprint density at radius 3 is 2.52 bits per heavy atom. The highest BCUT2D eigenvalue weighted by Crippen LogP contribution is 2.31. The number of carbonyl (C=O) groups excluding carboxylic acids is 1. The van der Waals surface area contributed by atoms with Crippen LogP contribution in [0.25, 0.3) is 21.8 Å². The van der Waals surface area contributed by atoms with Crippen molar-refractivity contribution in [3.8, 4) is 0 Å². The summed E-state index contributed by atoms with van der Waals surface area (Å²) in [7, 11) is -3.57. The van der Waals surface area contributed by atoms with Gasteiger partial charge in [-0.3, -0.25) is 0 Å². The van der Waals surface area contributed by atoms with Crippen molar-refractivity contribution >= 4 is 37.8 Å². The zero-order valence-corrected chi connectivity index (χ0v) is 16.7. The summed E-state index contributed by atoms with van der Waals surface area (Å²) >= 11 is 0. The van der Waals surface area contributed by atoms with E-state index < -0.39 is 16.0 Å². The van der Waals surface area contributed by atoms with Crippen LogP contribution in [0.15, 0.2) is 29.3 Å². The first-order valence-corrected chi connectivity index (χ1v) is 10.4. The fourth-order valence-corrected chi connectivity index (χ4v) is 4.80. The second-order valence-corrected chi connectivity index (χ2v) is 8.10. The van der Waals surface area contributed by atoms with Crippen LogP contribution in [0.3, 0.4) is 0 Å². The smallest absolute Gasteiger partial charge is 0.357 e. The van der Waals surface area contributed by atoms with E-state index in [0.717, 1.165) is 21.8 Å². The number of benzene rings is 1. The number of nitrogens with one attached hydrogen (secondary N) is 1. The Bertz CT molecular complexity index is 1110. The first-order chi connectivity index (χ1) is 12.8. The third kappa shape index (κ3) is 3.19. The van der Waals surface area contributed by atoms with Crippen molar-refractivity contribution in [1.82, 2.24) is 14.3 Å². The van der Waals surface area contributed by atoms with E-state index in [4.69, 9.17) is 4.74 Å². The molecular weight excluding hydrogens is 366 g/mol. The topological polar surface area (TPSA) is 92.4 Å². The molecule has 8 heteroatoms. The van der Waals surface area contributed by atoms with Gasteiger partial charge in [-0.25, -0.2) is 18.2 Å². The lowest BCUT2D eigenvalue weighted by molar-refractivity contribution is 0.0519. The summed E-state index contributed by atoms with van der Waals surface area (Å²) in [5.41, 5.74) is 2.43. The van der Waals surface area contributed by atoms with Gasteiger partial charge in [0.1, 0.15) is 0 Å². The van der Waals surface area contributed by atoms with E-state index in [2.05, 4.69) is 9.97 Å². The molecular formula is C19H23N3O4S. The highest BCUT2D eigenvalue weighted by molar-refractivity contribution is 7.89. The number of nitrogens with zero attached hydrogens (tertiary/aromatic N) is 2. The summed E-state index contributed by atoms with van der Waals surface area (Å²) < 4.78 is 32.2. The Hall–Kier alpha value is -2.45. The Morgan fingerprint density at radius 1 is 1.19 bits per heavy atom. The zero-order chi connectivity index (χ0) is 19.8. The lowest BCUT2D eigenvalue weighted by Gasteiger charge is -2.18. The van der Waals surface area contributed by atoms with Crippen LogP contribution in [0.2, 0.25) is 0 Å². The van der Waals surface area contributed by atoms with E-state index >= 15 is 0 Å². The molecule has 0 unspecified atom stereocenters. The Kier molecular flexibility index (Phi) is 5.21. The van der Waals surface area contributed by atoms with E-state index in [1.807, 2.05) is 13.8 Å². The zero-order valence-electron chi connectivity index (χ0n) is 15.9. The molecule has 0 amide bonds. The van der Waals surface area contributed by atoms with Crippen LogP contribution in [0, 0.1) is 6.92 Å². The fraction of sp³-hybridized carbons (Fsp3) is 0.368. The van der Waals surface area contributed by atoms with Crippen LogP contribution in [0.1, 0.15) is 36.8 Å². The number of esters is 1. The summed E-state index contributed by atoms with van der Waals surface area (Å²) in [6.07, 6.45) is 1.58. The van der Waals surface area contributed by atoms with Crippen molar-refractivity contribution in [1.29, 1.82) is 0 Å². The number of H-pyrrole nitrogens is 1. The predicted octanol–water partition coefficient (Wildman–Crippen LogP) is 3.23. The molecule has 0 fully saturated rings. The Morgan fingerprint density at radius 2 is 1.89 bits per heavy atom. The first-order valence-electron chi connectivity index (χ1n) is 8.93. The highest BCUT2D eigenvalue weighted by Gasteiger charge is 2.23. The third-order valence-corrected chi connectivity index (χ3v) is 6.71. The molecule has 0 bridgehead atoms. The molecule has 27 heavy (non-hydrogen) atoms. The number of rotatable bonds is 6. The average Bonchev–Trinajstić information content (AvgIpc) is 3.01. The van der Waals surface area contributed by atoms with Gasteiger partial charge in [0, 0.05) is 29.4 Å². The van der Waals surface area contributed by atoms with Crippen LogP contribution >= 0.6 is 0 Å². The van der Waals surface area contributed by atoms with E-state index in [1.165, 1.54) is 4.31 Å². The van der Waals surface area contributed by atoms with E-state index in [0.29, 0.717) is 18.7 Å². The van der Waals surface area contributed by atoms with Gasteiger partial charge in [-0.05, 0) is 37.6 Å². The number of hydrogen-bond donors (Lipinski definition) is 1. The molecule has 2 aromatic heterocycles. The lowest BCUT2D eigenvalue weighted by Crippen LogP contribution is -2.30. The molecule has 0 saturated heterocycles. The van der Waals surface area contributed by atoms with Crippen molar-refractivity contribution in [3.05, 3.63) is 35.7 Å². The molecule has 1 aromatic carbocycles.